The molecular formula is C12H20N2O2S2. The van der Waals surface area contributed by atoms with Crippen molar-refractivity contribution in [3.05, 3.63) is 23.9 Å². The zero-order chi connectivity index (χ0) is 13.4. The van der Waals surface area contributed by atoms with Gasteiger partial charge >= 0.3 is 0 Å². The van der Waals surface area contributed by atoms with Crippen molar-refractivity contribution in [1.82, 2.24) is 4.98 Å². The van der Waals surface area contributed by atoms with Crippen molar-refractivity contribution in [3.63, 3.8) is 0 Å². The molecule has 0 unspecified atom stereocenters. The number of sulfone groups is 1. The van der Waals surface area contributed by atoms with Crippen LogP contribution in [-0.4, -0.2) is 37.7 Å². The van der Waals surface area contributed by atoms with Gasteiger partial charge in [0, 0.05) is 24.3 Å². The molecule has 0 saturated heterocycles. The molecule has 0 spiro atoms. The van der Waals surface area contributed by atoms with E-state index in [2.05, 4.69) is 17.2 Å². The summed E-state index contributed by atoms with van der Waals surface area (Å²) < 4.78 is 22.0. The topological polar surface area (TPSA) is 59.1 Å². The third-order valence-corrected chi connectivity index (χ3v) is 4.41. The number of nitrogens with zero attached hydrogens (tertiary/aromatic N) is 1. The van der Waals surface area contributed by atoms with Crippen LogP contribution in [0.15, 0.2) is 18.2 Å². The molecule has 1 aromatic rings. The lowest BCUT2D eigenvalue weighted by molar-refractivity contribution is 0.603. The Balaban J connectivity index is 2.38. The molecule has 0 saturated carbocycles. The lowest BCUT2D eigenvalue weighted by atomic mass is 10.3. The molecule has 0 aliphatic rings. The van der Waals surface area contributed by atoms with Crippen LogP contribution in [0.5, 0.6) is 0 Å². The number of thioether (sulfide) groups is 1. The quantitative estimate of drug-likeness (QED) is 0.743. The van der Waals surface area contributed by atoms with Crippen LogP contribution < -0.4 is 5.32 Å². The van der Waals surface area contributed by atoms with E-state index in [4.69, 9.17) is 0 Å². The summed E-state index contributed by atoms with van der Waals surface area (Å²) in [7, 11) is -2.85. The molecule has 0 bridgehead atoms. The van der Waals surface area contributed by atoms with E-state index in [9.17, 15) is 8.42 Å². The highest BCUT2D eigenvalue weighted by Crippen LogP contribution is 2.13. The van der Waals surface area contributed by atoms with Crippen molar-refractivity contribution < 1.29 is 8.42 Å². The van der Waals surface area contributed by atoms with Gasteiger partial charge < -0.3 is 5.32 Å². The van der Waals surface area contributed by atoms with Crippen LogP contribution in [-0.2, 0) is 15.6 Å². The monoisotopic (exact) mass is 288 g/mol. The molecule has 0 atom stereocenters. The van der Waals surface area contributed by atoms with E-state index in [-0.39, 0.29) is 5.75 Å². The number of hydrogen-bond acceptors (Lipinski definition) is 5. The fourth-order valence-corrected chi connectivity index (χ4v) is 3.50. The molecular weight excluding hydrogens is 268 g/mol. The Hall–Kier alpha value is -0.750. The summed E-state index contributed by atoms with van der Waals surface area (Å²) >= 11 is 1.60. The molecule has 0 amide bonds. The maximum Gasteiger partial charge on any atom is 0.148 e. The Morgan fingerprint density at radius 1 is 1.39 bits per heavy atom. The summed E-state index contributed by atoms with van der Waals surface area (Å²) in [6.07, 6.45) is 2.33. The molecule has 1 rings (SSSR count). The minimum atomic E-state index is -2.85. The van der Waals surface area contributed by atoms with Gasteiger partial charge in [-0.15, -0.1) is 0 Å². The highest BCUT2D eigenvalue weighted by atomic mass is 32.2. The van der Waals surface area contributed by atoms with Crippen LogP contribution >= 0.6 is 11.8 Å². The smallest absolute Gasteiger partial charge is 0.148 e. The number of nitrogens with one attached hydrogen (secondary N) is 1. The van der Waals surface area contributed by atoms with Gasteiger partial charge in [0.05, 0.1) is 11.4 Å². The molecule has 1 aromatic heterocycles. The Kier molecular flexibility index (Phi) is 6.49. The van der Waals surface area contributed by atoms with Crippen molar-refractivity contribution in [1.29, 1.82) is 0 Å². The minimum absolute atomic E-state index is 0.228. The Labute approximate surface area is 114 Å². The fraction of sp³-hybridized carbons (Fsp3) is 0.583. The molecule has 0 aliphatic carbocycles. The predicted molar refractivity (Wildman–Crippen MR) is 78.9 cm³/mol. The van der Waals surface area contributed by atoms with Crippen molar-refractivity contribution >= 4 is 27.4 Å². The first kappa shape index (κ1) is 15.3. The van der Waals surface area contributed by atoms with Crippen LogP contribution in [0.2, 0.25) is 0 Å². The van der Waals surface area contributed by atoms with Crippen LogP contribution in [0, 0.1) is 0 Å². The van der Waals surface area contributed by atoms with Gasteiger partial charge in [-0.05, 0) is 18.6 Å². The first-order valence-electron chi connectivity index (χ1n) is 5.96. The fourth-order valence-electron chi connectivity index (χ4n) is 1.30. The van der Waals surface area contributed by atoms with E-state index in [0.29, 0.717) is 5.75 Å². The molecule has 102 valence electrons. The maximum absolute atomic E-state index is 11.0. The lowest BCUT2D eigenvalue weighted by Crippen LogP contribution is -2.06. The van der Waals surface area contributed by atoms with Gasteiger partial charge in [-0.3, -0.25) is 0 Å². The molecule has 1 N–H and O–H groups in total. The highest BCUT2D eigenvalue weighted by Gasteiger charge is 2.03. The average Bonchev–Trinajstić information content (AvgIpc) is 2.31. The number of pyridine rings is 1. The highest BCUT2D eigenvalue weighted by molar-refractivity contribution is 7.99. The third-order valence-electron chi connectivity index (χ3n) is 2.21. The standard InChI is InChI=1S/C12H20N2O2S2/c1-3-7-13-12-6-4-5-11(14-12)10-17-8-9-18(2,15)16/h4-6H,3,7-10H2,1-2H3,(H,13,14). The van der Waals surface area contributed by atoms with Crippen LogP contribution in [0.3, 0.4) is 0 Å². The maximum atomic E-state index is 11.0. The molecule has 6 heteroatoms. The van der Waals surface area contributed by atoms with Crippen LogP contribution in [0.4, 0.5) is 5.82 Å². The van der Waals surface area contributed by atoms with Gasteiger partial charge in [0.1, 0.15) is 15.7 Å². The van der Waals surface area contributed by atoms with Crippen molar-refractivity contribution in [2.24, 2.45) is 0 Å². The summed E-state index contributed by atoms with van der Waals surface area (Å²) in [5.41, 5.74) is 0.981. The largest absolute Gasteiger partial charge is 0.370 e. The first-order chi connectivity index (χ1) is 8.51. The minimum Gasteiger partial charge on any atom is -0.370 e. The van der Waals surface area contributed by atoms with Gasteiger partial charge in [-0.1, -0.05) is 13.0 Å². The Bertz CT molecular complexity index is 461. The van der Waals surface area contributed by atoms with E-state index in [1.807, 2.05) is 18.2 Å². The van der Waals surface area contributed by atoms with E-state index >= 15 is 0 Å². The number of hydrogen-bond donors (Lipinski definition) is 1. The van der Waals surface area contributed by atoms with E-state index < -0.39 is 9.84 Å². The van der Waals surface area contributed by atoms with Gasteiger partial charge in [-0.2, -0.15) is 11.8 Å². The van der Waals surface area contributed by atoms with E-state index in [0.717, 1.165) is 30.2 Å². The van der Waals surface area contributed by atoms with E-state index in [1.165, 1.54) is 6.26 Å². The second-order valence-corrected chi connectivity index (χ2v) is 7.49. The van der Waals surface area contributed by atoms with Gasteiger partial charge in [0.2, 0.25) is 0 Å². The zero-order valence-electron chi connectivity index (χ0n) is 10.8. The Morgan fingerprint density at radius 3 is 2.83 bits per heavy atom. The number of anilines is 1. The zero-order valence-corrected chi connectivity index (χ0v) is 12.5. The summed E-state index contributed by atoms with van der Waals surface area (Å²) in [6.45, 7) is 3.02. The first-order valence-corrected chi connectivity index (χ1v) is 9.18. The third kappa shape index (κ3) is 6.86. The van der Waals surface area contributed by atoms with Crippen molar-refractivity contribution in [2.75, 3.05) is 29.6 Å². The number of rotatable bonds is 8. The molecule has 0 aromatic carbocycles. The van der Waals surface area contributed by atoms with Gasteiger partial charge in [0.15, 0.2) is 0 Å². The van der Waals surface area contributed by atoms with Crippen LogP contribution in [0.1, 0.15) is 19.0 Å². The van der Waals surface area contributed by atoms with Gasteiger partial charge in [0.25, 0.3) is 0 Å². The van der Waals surface area contributed by atoms with Gasteiger partial charge in [-0.25, -0.2) is 13.4 Å². The second kappa shape index (κ2) is 7.63. The molecule has 4 nitrogen and oxygen atoms in total. The molecule has 18 heavy (non-hydrogen) atoms. The molecule has 1 heterocycles. The predicted octanol–water partition coefficient (Wildman–Crippen LogP) is 2.18. The lowest BCUT2D eigenvalue weighted by Gasteiger charge is -2.06. The van der Waals surface area contributed by atoms with E-state index in [1.54, 1.807) is 11.8 Å². The molecule has 0 radical (unpaired) electrons. The molecule has 0 aliphatic heterocycles. The van der Waals surface area contributed by atoms with Crippen molar-refractivity contribution in [3.8, 4) is 0 Å². The number of aromatic nitrogens is 1. The second-order valence-electron chi connectivity index (χ2n) is 4.12. The summed E-state index contributed by atoms with van der Waals surface area (Å²) in [5, 5.41) is 3.23. The summed E-state index contributed by atoms with van der Waals surface area (Å²) in [5.74, 6) is 2.48. The normalized spacial score (nSPS) is 11.4. The SMILES string of the molecule is CCCNc1cccc(CSCCS(C)(=O)=O)n1. The summed E-state index contributed by atoms with van der Waals surface area (Å²) in [6, 6.07) is 5.88. The molecule has 0 fully saturated rings. The summed E-state index contributed by atoms with van der Waals surface area (Å²) in [4.78, 5) is 4.46. The Morgan fingerprint density at radius 2 is 2.17 bits per heavy atom. The average molecular weight is 288 g/mol. The van der Waals surface area contributed by atoms with Crippen molar-refractivity contribution in [2.45, 2.75) is 19.1 Å². The van der Waals surface area contributed by atoms with Crippen LogP contribution in [0.25, 0.3) is 0 Å².